The Kier molecular flexibility index (Phi) is 2.24. The first-order valence-corrected chi connectivity index (χ1v) is 6.19. The van der Waals surface area contributed by atoms with Crippen molar-refractivity contribution in [3.63, 3.8) is 0 Å². The van der Waals surface area contributed by atoms with Gasteiger partial charge in [0.05, 0.1) is 4.88 Å². The Bertz CT molecular complexity index is 852. The molecule has 2 N–H and O–H groups in total. The molecule has 3 aromatic rings. The number of aryl methyl sites for hydroxylation is 2. The molecule has 0 aromatic carbocycles. The van der Waals surface area contributed by atoms with E-state index >= 15 is 0 Å². The minimum absolute atomic E-state index is 0.319. The van der Waals surface area contributed by atoms with E-state index in [1.807, 2.05) is 18.4 Å². The predicted octanol–water partition coefficient (Wildman–Crippen LogP) is 0.987. The van der Waals surface area contributed by atoms with Gasteiger partial charge in [0.25, 0.3) is 5.56 Å². The van der Waals surface area contributed by atoms with Crippen LogP contribution in [-0.4, -0.2) is 19.5 Å². The third-order valence-corrected chi connectivity index (χ3v) is 3.85. The van der Waals surface area contributed by atoms with E-state index in [1.165, 1.54) is 4.57 Å². The van der Waals surface area contributed by atoms with Gasteiger partial charge in [0.1, 0.15) is 5.52 Å². The maximum absolute atomic E-state index is 11.7. The molecule has 0 aliphatic carbocycles. The Morgan fingerprint density at radius 2 is 2.11 bits per heavy atom. The van der Waals surface area contributed by atoms with Crippen LogP contribution in [0.1, 0.15) is 5.56 Å². The zero-order chi connectivity index (χ0) is 12.9. The highest BCUT2D eigenvalue weighted by atomic mass is 32.1. The summed E-state index contributed by atoms with van der Waals surface area (Å²) in [5.74, 6) is 0.615. The van der Waals surface area contributed by atoms with Crippen LogP contribution in [-0.2, 0) is 7.05 Å². The highest BCUT2D eigenvalue weighted by molar-refractivity contribution is 7.13. The van der Waals surface area contributed by atoms with Crippen molar-refractivity contribution < 1.29 is 0 Å². The van der Waals surface area contributed by atoms with Crippen molar-refractivity contribution in [2.75, 3.05) is 0 Å². The number of aromatic amines is 2. The van der Waals surface area contributed by atoms with Crippen LogP contribution in [0.25, 0.3) is 21.9 Å². The zero-order valence-electron chi connectivity index (χ0n) is 9.77. The fourth-order valence-electron chi connectivity index (χ4n) is 1.83. The average molecular weight is 262 g/mol. The topological polar surface area (TPSA) is 83.5 Å². The number of fused-ring (bicyclic) bond motifs is 1. The molecule has 92 valence electrons. The molecule has 0 radical (unpaired) electrons. The van der Waals surface area contributed by atoms with Gasteiger partial charge < -0.3 is 4.98 Å². The molecule has 0 bridgehead atoms. The standard InChI is InChI=1S/C11H10N4O2S/c1-5-3-4-18-7(5)8-12-6-9(13-8)15(2)11(17)14-10(6)16/h3-4H,1-2H3,(H,12,13)(H,14,16,17). The summed E-state index contributed by atoms with van der Waals surface area (Å²) in [4.78, 5) is 33.7. The molecule has 0 atom stereocenters. The largest absolute Gasteiger partial charge is 0.331 e. The molecule has 0 unspecified atom stereocenters. The van der Waals surface area contributed by atoms with Crippen LogP contribution in [0.3, 0.4) is 0 Å². The van der Waals surface area contributed by atoms with Crippen molar-refractivity contribution in [1.82, 2.24) is 19.5 Å². The van der Waals surface area contributed by atoms with Crippen LogP contribution in [0.4, 0.5) is 0 Å². The molecule has 0 amide bonds. The molecule has 18 heavy (non-hydrogen) atoms. The Balaban J connectivity index is 2.40. The fraction of sp³-hybridized carbons (Fsp3) is 0.182. The lowest BCUT2D eigenvalue weighted by molar-refractivity contribution is 0.832. The van der Waals surface area contributed by atoms with Crippen LogP contribution in [0.15, 0.2) is 21.0 Å². The van der Waals surface area contributed by atoms with Crippen molar-refractivity contribution in [3.8, 4) is 10.7 Å². The molecule has 3 aromatic heterocycles. The molecule has 0 aliphatic heterocycles. The van der Waals surface area contributed by atoms with Gasteiger partial charge in [0.2, 0.25) is 0 Å². The Labute approximate surface area is 105 Å². The van der Waals surface area contributed by atoms with Crippen molar-refractivity contribution >= 4 is 22.5 Å². The second-order valence-electron chi connectivity index (χ2n) is 4.04. The average Bonchev–Trinajstić information content (AvgIpc) is 2.92. The van der Waals surface area contributed by atoms with E-state index in [0.29, 0.717) is 17.0 Å². The maximum Gasteiger partial charge on any atom is 0.329 e. The minimum atomic E-state index is -0.464. The van der Waals surface area contributed by atoms with Gasteiger partial charge >= 0.3 is 5.69 Å². The number of nitrogens with zero attached hydrogens (tertiary/aromatic N) is 2. The smallest absolute Gasteiger partial charge is 0.329 e. The quantitative estimate of drug-likeness (QED) is 0.686. The van der Waals surface area contributed by atoms with Gasteiger partial charge in [-0.2, -0.15) is 0 Å². The molecule has 0 fully saturated rings. The molecule has 0 aliphatic rings. The highest BCUT2D eigenvalue weighted by Gasteiger charge is 2.13. The maximum atomic E-state index is 11.7. The number of rotatable bonds is 1. The van der Waals surface area contributed by atoms with Crippen LogP contribution in [0.5, 0.6) is 0 Å². The number of thiophene rings is 1. The second-order valence-corrected chi connectivity index (χ2v) is 4.95. The Morgan fingerprint density at radius 1 is 1.33 bits per heavy atom. The van der Waals surface area contributed by atoms with Crippen LogP contribution in [0.2, 0.25) is 0 Å². The van der Waals surface area contributed by atoms with Gasteiger partial charge in [0.15, 0.2) is 11.5 Å². The number of hydrogen-bond donors (Lipinski definition) is 2. The van der Waals surface area contributed by atoms with Crippen LogP contribution >= 0.6 is 11.3 Å². The van der Waals surface area contributed by atoms with Crippen molar-refractivity contribution in [3.05, 3.63) is 37.8 Å². The first-order valence-electron chi connectivity index (χ1n) is 5.31. The first kappa shape index (κ1) is 11.0. The van der Waals surface area contributed by atoms with Gasteiger partial charge in [-0.15, -0.1) is 11.3 Å². The first-order chi connectivity index (χ1) is 8.58. The van der Waals surface area contributed by atoms with E-state index in [-0.39, 0.29) is 0 Å². The number of imidazole rings is 1. The minimum Gasteiger partial charge on any atom is -0.331 e. The summed E-state index contributed by atoms with van der Waals surface area (Å²) in [6.07, 6.45) is 0. The third-order valence-electron chi connectivity index (χ3n) is 2.83. The third kappa shape index (κ3) is 1.44. The SMILES string of the molecule is Cc1ccsc1-c1nc2c([nH]1)c(=O)[nH]c(=O)n2C. The molecule has 3 rings (SSSR count). The normalized spacial score (nSPS) is 11.2. The predicted molar refractivity (Wildman–Crippen MR) is 70.0 cm³/mol. The highest BCUT2D eigenvalue weighted by Crippen LogP contribution is 2.27. The van der Waals surface area contributed by atoms with Crippen molar-refractivity contribution in [1.29, 1.82) is 0 Å². The lowest BCUT2D eigenvalue weighted by atomic mass is 10.3. The lowest BCUT2D eigenvalue weighted by Gasteiger charge is -1.94. The monoisotopic (exact) mass is 262 g/mol. The number of H-pyrrole nitrogens is 2. The summed E-state index contributed by atoms with van der Waals surface area (Å²) >= 11 is 1.54. The number of nitrogens with one attached hydrogen (secondary N) is 2. The van der Waals surface area contributed by atoms with Gasteiger partial charge in [-0.05, 0) is 23.9 Å². The number of aromatic nitrogens is 4. The Hall–Kier alpha value is -2.15. The summed E-state index contributed by atoms with van der Waals surface area (Å²) in [6.45, 7) is 1.97. The summed E-state index contributed by atoms with van der Waals surface area (Å²) in [7, 11) is 1.58. The molecular weight excluding hydrogens is 252 g/mol. The van der Waals surface area contributed by atoms with E-state index in [1.54, 1.807) is 18.4 Å². The Morgan fingerprint density at radius 3 is 2.78 bits per heavy atom. The van der Waals surface area contributed by atoms with E-state index in [9.17, 15) is 9.59 Å². The van der Waals surface area contributed by atoms with Gasteiger partial charge in [0, 0.05) is 7.05 Å². The lowest BCUT2D eigenvalue weighted by Crippen LogP contribution is -2.28. The molecule has 0 spiro atoms. The molecular formula is C11H10N4O2S. The van der Waals surface area contributed by atoms with Crippen molar-refractivity contribution in [2.45, 2.75) is 6.92 Å². The van der Waals surface area contributed by atoms with Crippen LogP contribution < -0.4 is 11.2 Å². The molecule has 0 saturated carbocycles. The fourth-order valence-corrected chi connectivity index (χ4v) is 2.70. The van der Waals surface area contributed by atoms with E-state index < -0.39 is 11.2 Å². The van der Waals surface area contributed by atoms with E-state index in [2.05, 4.69) is 15.0 Å². The van der Waals surface area contributed by atoms with Gasteiger partial charge in [-0.3, -0.25) is 14.3 Å². The summed E-state index contributed by atoms with van der Waals surface area (Å²) < 4.78 is 1.32. The van der Waals surface area contributed by atoms with Gasteiger partial charge in [-0.25, -0.2) is 9.78 Å². The van der Waals surface area contributed by atoms with Gasteiger partial charge in [-0.1, -0.05) is 0 Å². The zero-order valence-corrected chi connectivity index (χ0v) is 10.6. The van der Waals surface area contributed by atoms with E-state index in [0.717, 1.165) is 10.4 Å². The second kappa shape index (κ2) is 3.67. The number of hydrogen-bond acceptors (Lipinski definition) is 4. The van der Waals surface area contributed by atoms with E-state index in [4.69, 9.17) is 0 Å². The molecule has 0 saturated heterocycles. The molecule has 6 nitrogen and oxygen atoms in total. The summed E-state index contributed by atoms with van der Waals surface area (Å²) in [5, 5.41) is 1.96. The molecule has 3 heterocycles. The summed E-state index contributed by atoms with van der Waals surface area (Å²) in [6, 6.07) is 1.98. The van der Waals surface area contributed by atoms with Crippen LogP contribution in [0, 0.1) is 6.92 Å². The molecule has 7 heteroatoms. The van der Waals surface area contributed by atoms with Crippen molar-refractivity contribution in [2.24, 2.45) is 7.05 Å². The summed E-state index contributed by atoms with van der Waals surface area (Å²) in [5.41, 5.74) is 0.862.